The van der Waals surface area contributed by atoms with Gasteiger partial charge in [-0.05, 0) is 44.9 Å². The lowest BCUT2D eigenvalue weighted by atomic mass is 10.0. The van der Waals surface area contributed by atoms with Crippen molar-refractivity contribution in [2.75, 3.05) is 12.8 Å². The van der Waals surface area contributed by atoms with Crippen LogP contribution in [0.3, 0.4) is 0 Å². The summed E-state index contributed by atoms with van der Waals surface area (Å²) in [6.07, 6.45) is 5.73. The van der Waals surface area contributed by atoms with E-state index in [1.807, 2.05) is 20.8 Å². The van der Waals surface area contributed by atoms with E-state index in [9.17, 15) is 8.42 Å². The molecular formula is C13H27NO2S. The molecule has 102 valence electrons. The summed E-state index contributed by atoms with van der Waals surface area (Å²) in [7, 11) is -3.09. The Labute approximate surface area is 107 Å². The summed E-state index contributed by atoms with van der Waals surface area (Å²) in [5.41, 5.74) is -0.260. The Kier molecular flexibility index (Phi) is 4.64. The van der Waals surface area contributed by atoms with Crippen LogP contribution in [0.5, 0.6) is 0 Å². The van der Waals surface area contributed by atoms with Crippen molar-refractivity contribution in [3.05, 3.63) is 0 Å². The van der Waals surface area contributed by atoms with Gasteiger partial charge in [0.2, 0.25) is 10.0 Å². The summed E-state index contributed by atoms with van der Waals surface area (Å²) in [4.78, 5) is 0. The minimum atomic E-state index is -3.09. The lowest BCUT2D eigenvalue weighted by molar-refractivity contribution is 0.215. The zero-order chi connectivity index (χ0) is 13.3. The highest BCUT2D eigenvalue weighted by atomic mass is 32.2. The summed E-state index contributed by atoms with van der Waals surface area (Å²) >= 11 is 0. The molecule has 0 aliphatic heterocycles. The first kappa shape index (κ1) is 15.0. The second kappa shape index (κ2) is 5.27. The maximum Gasteiger partial charge on any atom is 0.211 e. The van der Waals surface area contributed by atoms with Crippen LogP contribution in [0.15, 0.2) is 0 Å². The largest absolute Gasteiger partial charge is 0.212 e. The third-order valence-electron chi connectivity index (χ3n) is 4.24. The van der Waals surface area contributed by atoms with E-state index >= 15 is 0 Å². The van der Waals surface area contributed by atoms with Gasteiger partial charge < -0.3 is 0 Å². The Hall–Kier alpha value is -0.0900. The first-order chi connectivity index (χ1) is 7.72. The van der Waals surface area contributed by atoms with Gasteiger partial charge in [0.1, 0.15) is 0 Å². The van der Waals surface area contributed by atoms with Crippen LogP contribution in [-0.2, 0) is 10.0 Å². The van der Waals surface area contributed by atoms with E-state index in [-0.39, 0.29) is 5.54 Å². The van der Waals surface area contributed by atoms with Crippen LogP contribution in [-0.4, -0.2) is 31.1 Å². The van der Waals surface area contributed by atoms with Gasteiger partial charge in [0.05, 0.1) is 6.26 Å². The fraction of sp³-hybridized carbons (Fsp3) is 1.00. The van der Waals surface area contributed by atoms with Gasteiger partial charge in [-0.3, -0.25) is 0 Å². The van der Waals surface area contributed by atoms with Gasteiger partial charge in [-0.1, -0.05) is 20.3 Å². The molecule has 0 aromatic heterocycles. The SMILES string of the molecule is CC[C@@H]1C[C@@H]1CCN(C(C)(C)CC)S(C)(=O)=O. The molecule has 4 heteroatoms. The number of rotatable bonds is 7. The zero-order valence-corrected chi connectivity index (χ0v) is 12.7. The molecule has 0 saturated heterocycles. The highest BCUT2D eigenvalue weighted by Crippen LogP contribution is 2.44. The molecule has 0 spiro atoms. The third kappa shape index (κ3) is 3.95. The van der Waals surface area contributed by atoms with Crippen molar-refractivity contribution in [3.63, 3.8) is 0 Å². The monoisotopic (exact) mass is 261 g/mol. The van der Waals surface area contributed by atoms with Crippen LogP contribution in [0.25, 0.3) is 0 Å². The lowest BCUT2D eigenvalue weighted by Gasteiger charge is -2.36. The molecule has 1 fully saturated rings. The van der Waals surface area contributed by atoms with Crippen LogP contribution in [0.2, 0.25) is 0 Å². The minimum Gasteiger partial charge on any atom is -0.212 e. The number of nitrogens with zero attached hydrogens (tertiary/aromatic N) is 1. The van der Waals surface area contributed by atoms with Crippen molar-refractivity contribution in [2.45, 2.75) is 58.9 Å². The van der Waals surface area contributed by atoms with Gasteiger partial charge in [-0.15, -0.1) is 0 Å². The molecule has 0 radical (unpaired) electrons. The highest BCUT2D eigenvalue weighted by Gasteiger charge is 2.38. The summed E-state index contributed by atoms with van der Waals surface area (Å²) in [6.45, 7) is 8.97. The van der Waals surface area contributed by atoms with Crippen molar-refractivity contribution in [3.8, 4) is 0 Å². The topological polar surface area (TPSA) is 37.4 Å². The molecular weight excluding hydrogens is 234 g/mol. The van der Waals surface area contributed by atoms with Gasteiger partial charge in [0.15, 0.2) is 0 Å². The molecule has 1 saturated carbocycles. The molecule has 1 aliphatic carbocycles. The van der Waals surface area contributed by atoms with Gasteiger partial charge in [0, 0.05) is 12.1 Å². The Morgan fingerprint density at radius 1 is 1.24 bits per heavy atom. The van der Waals surface area contributed by atoms with Gasteiger partial charge in [-0.2, -0.15) is 4.31 Å². The minimum absolute atomic E-state index is 0.260. The first-order valence-corrected chi connectivity index (χ1v) is 8.55. The second-order valence-corrected chi connectivity index (χ2v) is 7.86. The molecule has 0 amide bonds. The Morgan fingerprint density at radius 3 is 2.18 bits per heavy atom. The molecule has 0 aromatic rings. The van der Waals surface area contributed by atoms with Crippen molar-refractivity contribution in [1.29, 1.82) is 0 Å². The number of sulfonamides is 1. The highest BCUT2D eigenvalue weighted by molar-refractivity contribution is 7.88. The molecule has 2 atom stereocenters. The average molecular weight is 261 g/mol. The van der Waals surface area contributed by atoms with Crippen molar-refractivity contribution in [1.82, 2.24) is 4.31 Å². The van der Waals surface area contributed by atoms with Gasteiger partial charge >= 0.3 is 0 Å². The molecule has 17 heavy (non-hydrogen) atoms. The van der Waals surface area contributed by atoms with E-state index in [1.54, 1.807) is 4.31 Å². The van der Waals surface area contributed by atoms with Crippen LogP contribution >= 0.6 is 0 Å². The first-order valence-electron chi connectivity index (χ1n) is 6.70. The van der Waals surface area contributed by atoms with Crippen LogP contribution in [0.4, 0.5) is 0 Å². The summed E-state index contributed by atoms with van der Waals surface area (Å²) in [5, 5.41) is 0. The molecule has 0 aromatic carbocycles. The molecule has 0 heterocycles. The van der Waals surface area contributed by atoms with E-state index in [1.165, 1.54) is 19.1 Å². The number of hydrogen-bond acceptors (Lipinski definition) is 2. The fourth-order valence-corrected chi connectivity index (χ4v) is 4.00. The van der Waals surface area contributed by atoms with Gasteiger partial charge in [-0.25, -0.2) is 8.42 Å². The molecule has 0 unspecified atom stereocenters. The van der Waals surface area contributed by atoms with E-state index in [4.69, 9.17) is 0 Å². The Morgan fingerprint density at radius 2 is 1.82 bits per heavy atom. The van der Waals surface area contributed by atoms with Crippen LogP contribution in [0.1, 0.15) is 53.4 Å². The van der Waals surface area contributed by atoms with E-state index < -0.39 is 10.0 Å². The second-order valence-electron chi connectivity index (χ2n) is 5.95. The van der Waals surface area contributed by atoms with E-state index in [2.05, 4.69) is 6.92 Å². The Bertz CT molecular complexity index is 348. The summed E-state index contributed by atoms with van der Waals surface area (Å²) in [5.74, 6) is 1.61. The standard InChI is InChI=1S/C13H27NO2S/c1-6-11-10-12(11)8-9-14(17(5,15)16)13(3,4)7-2/h11-12H,6-10H2,1-5H3/t11-,12+/m1/s1. The average Bonchev–Trinajstić information content (AvgIpc) is 2.94. The maximum absolute atomic E-state index is 11.8. The zero-order valence-electron chi connectivity index (χ0n) is 11.9. The summed E-state index contributed by atoms with van der Waals surface area (Å²) < 4.78 is 25.4. The van der Waals surface area contributed by atoms with Gasteiger partial charge in [0.25, 0.3) is 0 Å². The molecule has 3 nitrogen and oxygen atoms in total. The fourth-order valence-electron chi connectivity index (χ4n) is 2.54. The number of hydrogen-bond donors (Lipinski definition) is 0. The smallest absolute Gasteiger partial charge is 0.211 e. The lowest BCUT2D eigenvalue weighted by Crippen LogP contribution is -2.47. The van der Waals surface area contributed by atoms with Crippen molar-refractivity contribution >= 4 is 10.0 Å². The van der Waals surface area contributed by atoms with E-state index in [0.29, 0.717) is 6.54 Å². The molecule has 1 aliphatic rings. The van der Waals surface area contributed by atoms with Crippen molar-refractivity contribution in [2.24, 2.45) is 11.8 Å². The molecule has 0 bridgehead atoms. The molecule has 1 rings (SSSR count). The maximum atomic E-state index is 11.8. The van der Waals surface area contributed by atoms with Crippen LogP contribution in [0, 0.1) is 11.8 Å². The molecule has 0 N–H and O–H groups in total. The predicted molar refractivity (Wildman–Crippen MR) is 72.4 cm³/mol. The van der Waals surface area contributed by atoms with Crippen molar-refractivity contribution < 1.29 is 8.42 Å². The predicted octanol–water partition coefficient (Wildman–Crippen LogP) is 2.87. The van der Waals surface area contributed by atoms with Crippen LogP contribution < -0.4 is 0 Å². The van der Waals surface area contributed by atoms with E-state index in [0.717, 1.165) is 24.7 Å². The normalized spacial score (nSPS) is 25.3. The Balaban J connectivity index is 2.60. The quantitative estimate of drug-likeness (QED) is 0.706. The summed E-state index contributed by atoms with van der Waals surface area (Å²) in [6, 6.07) is 0. The third-order valence-corrected chi connectivity index (χ3v) is 5.71.